The lowest BCUT2D eigenvalue weighted by Gasteiger charge is -2.14. The van der Waals surface area contributed by atoms with E-state index in [2.05, 4.69) is 61.8 Å². The number of esters is 2. The fraction of sp³-hybridized carbons (Fsp3) is 0.667. The van der Waals surface area contributed by atoms with Gasteiger partial charge in [-0.2, -0.15) is 0 Å². The molecule has 0 aliphatic carbocycles. The van der Waals surface area contributed by atoms with Gasteiger partial charge in [0.2, 0.25) is 0 Å². The monoisotopic (exact) mass is 522 g/mol. The van der Waals surface area contributed by atoms with Crippen molar-refractivity contribution < 1.29 is 19.1 Å². The highest BCUT2D eigenvalue weighted by Gasteiger charge is 2.27. The highest BCUT2D eigenvalue weighted by atomic mass is 127. The molecule has 1 atom stereocenters. The molecule has 164 valence electrons. The second kappa shape index (κ2) is 14.0. The first-order valence-corrected chi connectivity index (χ1v) is 10.3. The molecule has 0 saturated heterocycles. The minimum Gasteiger partial charge on any atom is -0.469 e. The van der Waals surface area contributed by atoms with Gasteiger partial charge in [-0.25, -0.2) is 0 Å². The van der Waals surface area contributed by atoms with Gasteiger partial charge in [-0.05, 0) is 5.92 Å². The number of methoxy groups -OCH3 is 2. The molecule has 0 N–H and O–H groups in total. The number of aryl methyl sites for hydroxylation is 2. The molecule has 0 saturated carbocycles. The summed E-state index contributed by atoms with van der Waals surface area (Å²) in [5.74, 6) is -0.737. The molecular weight excluding hydrogens is 491 g/mol. The van der Waals surface area contributed by atoms with Crippen LogP contribution in [0.5, 0.6) is 0 Å². The summed E-state index contributed by atoms with van der Waals surface area (Å²) in [6.45, 7) is 8.22. The highest BCUT2D eigenvalue weighted by molar-refractivity contribution is 14.1. The minimum atomic E-state index is -0.325. The van der Waals surface area contributed by atoms with Crippen LogP contribution in [0.15, 0.2) is 12.4 Å². The van der Waals surface area contributed by atoms with E-state index in [1.807, 2.05) is 13.8 Å². The maximum atomic E-state index is 11.5. The number of ether oxygens (including phenoxy) is 2. The molecule has 0 fully saturated rings. The number of alkyl halides is 1. The van der Waals surface area contributed by atoms with E-state index in [0.717, 1.165) is 3.92 Å². The summed E-state index contributed by atoms with van der Waals surface area (Å²) < 4.78 is 13.1. The summed E-state index contributed by atoms with van der Waals surface area (Å²) in [6.07, 6.45) is 3.60. The summed E-state index contributed by atoms with van der Waals surface area (Å²) in [5.41, 5.74) is 1.29. The second-order valence-electron chi connectivity index (χ2n) is 6.71. The van der Waals surface area contributed by atoms with Crippen LogP contribution in [-0.2, 0) is 39.6 Å². The third-order valence-electron chi connectivity index (χ3n) is 3.26. The fourth-order valence-electron chi connectivity index (χ4n) is 2.07. The molecule has 0 aliphatic rings. The van der Waals surface area contributed by atoms with E-state index in [4.69, 9.17) is 4.74 Å². The van der Waals surface area contributed by atoms with Gasteiger partial charge in [0.1, 0.15) is 5.92 Å². The van der Waals surface area contributed by atoms with Gasteiger partial charge in [0, 0.05) is 30.4 Å². The van der Waals surface area contributed by atoms with E-state index in [1.165, 1.54) is 18.9 Å². The average Bonchev–Trinajstić information content (AvgIpc) is 3.22. The Kier molecular flexibility index (Phi) is 13.0. The lowest BCUT2D eigenvalue weighted by atomic mass is 9.93. The van der Waals surface area contributed by atoms with E-state index in [-0.39, 0.29) is 30.2 Å². The van der Waals surface area contributed by atoms with Gasteiger partial charge in [-0.3, -0.25) is 19.0 Å². The van der Waals surface area contributed by atoms with Crippen LogP contribution < -0.4 is 0 Å². The number of carbonyl (C=O) groups excluding carboxylic acids is 2. The van der Waals surface area contributed by atoms with Gasteiger partial charge in [-0.1, -0.05) is 60.7 Å². The van der Waals surface area contributed by atoms with Crippen molar-refractivity contribution >= 4 is 34.5 Å². The van der Waals surface area contributed by atoms with Crippen molar-refractivity contribution in [2.45, 2.75) is 44.0 Å². The zero-order valence-electron chi connectivity index (χ0n) is 18.3. The Bertz CT molecular complexity index is 742. The molecule has 0 aromatic carbocycles. The predicted molar refractivity (Wildman–Crippen MR) is 116 cm³/mol. The Labute approximate surface area is 185 Å². The van der Waals surface area contributed by atoms with Crippen LogP contribution in [0, 0.1) is 5.92 Å². The Morgan fingerprint density at radius 3 is 1.86 bits per heavy atom. The number of rotatable bonds is 5. The summed E-state index contributed by atoms with van der Waals surface area (Å²) in [7, 11) is 6.24. The zero-order chi connectivity index (χ0) is 22.6. The average molecular weight is 522 g/mol. The van der Waals surface area contributed by atoms with Crippen LogP contribution in [0.4, 0.5) is 0 Å². The van der Waals surface area contributed by atoms with Crippen molar-refractivity contribution in [2.24, 2.45) is 20.0 Å². The van der Waals surface area contributed by atoms with Gasteiger partial charge in [0.05, 0.1) is 32.0 Å². The number of halogens is 1. The molecule has 29 heavy (non-hydrogen) atoms. The molecule has 2 aromatic heterocycles. The normalized spacial score (nSPS) is 11.1. The zero-order valence-corrected chi connectivity index (χ0v) is 20.4. The largest absolute Gasteiger partial charge is 0.469 e. The number of aromatic nitrogens is 6. The molecule has 0 radical (unpaired) electrons. The van der Waals surface area contributed by atoms with Gasteiger partial charge in [-0.15, -0.1) is 10.2 Å². The number of hydrogen-bond acceptors (Lipinski definition) is 8. The number of hydrogen-bond donors (Lipinski definition) is 0. The SMILES string of the molecule is CC(C)I.COC(=O)C(c1cn(C)nn1)C(C)C.COC(=O)Cc1cn(C)nn1. The van der Waals surface area contributed by atoms with Crippen LogP contribution in [0.1, 0.15) is 45.0 Å². The molecule has 1 unspecified atom stereocenters. The van der Waals surface area contributed by atoms with E-state index in [0.29, 0.717) is 11.4 Å². The minimum absolute atomic E-state index is 0.152. The maximum absolute atomic E-state index is 11.5. The van der Waals surface area contributed by atoms with Gasteiger partial charge >= 0.3 is 11.9 Å². The van der Waals surface area contributed by atoms with E-state index in [9.17, 15) is 9.59 Å². The van der Waals surface area contributed by atoms with Crippen LogP contribution in [-0.4, -0.2) is 60.1 Å². The Morgan fingerprint density at radius 2 is 1.52 bits per heavy atom. The first-order valence-electron chi connectivity index (χ1n) is 9.01. The third kappa shape index (κ3) is 11.5. The van der Waals surface area contributed by atoms with Gasteiger partial charge < -0.3 is 9.47 Å². The molecule has 2 aromatic rings. The molecule has 0 aliphatic heterocycles. The molecule has 0 spiro atoms. The molecule has 0 bridgehead atoms. The van der Waals surface area contributed by atoms with Gasteiger partial charge in [0.25, 0.3) is 0 Å². The van der Waals surface area contributed by atoms with Crippen molar-refractivity contribution in [3.63, 3.8) is 0 Å². The van der Waals surface area contributed by atoms with Crippen molar-refractivity contribution in [3.05, 3.63) is 23.8 Å². The standard InChI is InChI=1S/C9H15N3O2.C6H9N3O2.C3H7I/c1-6(2)8(9(13)14-4)7-5-12(3)11-10-7;1-9-4-5(7-8-9)3-6(10)11-2;1-3(2)4/h5-6,8H,1-4H3;4H,3H2,1-2H3;3H,1-2H3. The Morgan fingerprint density at radius 1 is 1.00 bits per heavy atom. The second-order valence-corrected chi connectivity index (χ2v) is 9.20. The molecule has 2 heterocycles. The van der Waals surface area contributed by atoms with Crippen molar-refractivity contribution in [2.75, 3.05) is 14.2 Å². The molecular formula is C18H31IN6O4. The quantitative estimate of drug-likeness (QED) is 0.333. The van der Waals surface area contributed by atoms with Gasteiger partial charge in [0.15, 0.2) is 0 Å². The Balaban J connectivity index is 0.000000466. The first-order chi connectivity index (χ1) is 13.5. The summed E-state index contributed by atoms with van der Waals surface area (Å²) in [4.78, 5) is 22.2. The molecule has 2 rings (SSSR count). The van der Waals surface area contributed by atoms with E-state index in [1.54, 1.807) is 31.2 Å². The molecule has 0 amide bonds. The van der Waals surface area contributed by atoms with Crippen LogP contribution >= 0.6 is 22.6 Å². The maximum Gasteiger partial charge on any atom is 0.315 e. The van der Waals surface area contributed by atoms with E-state index < -0.39 is 0 Å². The summed E-state index contributed by atoms with van der Waals surface area (Å²) >= 11 is 2.34. The lowest BCUT2D eigenvalue weighted by molar-refractivity contribution is -0.143. The van der Waals surface area contributed by atoms with Crippen LogP contribution in [0.25, 0.3) is 0 Å². The first kappa shape index (κ1) is 27.0. The summed E-state index contributed by atoms with van der Waals surface area (Å²) in [6, 6.07) is 0. The smallest absolute Gasteiger partial charge is 0.315 e. The highest BCUT2D eigenvalue weighted by Crippen LogP contribution is 2.23. The fourth-order valence-corrected chi connectivity index (χ4v) is 2.07. The summed E-state index contributed by atoms with van der Waals surface area (Å²) in [5, 5.41) is 15.1. The Hall–Kier alpha value is -2.05. The lowest BCUT2D eigenvalue weighted by Crippen LogP contribution is -2.20. The van der Waals surface area contributed by atoms with Crippen molar-refractivity contribution in [1.29, 1.82) is 0 Å². The molecule has 10 nitrogen and oxygen atoms in total. The number of carbonyl (C=O) groups is 2. The van der Waals surface area contributed by atoms with E-state index >= 15 is 0 Å². The topological polar surface area (TPSA) is 114 Å². The number of nitrogens with zero attached hydrogens (tertiary/aromatic N) is 6. The van der Waals surface area contributed by atoms with Crippen molar-refractivity contribution in [3.8, 4) is 0 Å². The molecule has 11 heteroatoms. The predicted octanol–water partition coefficient (Wildman–Crippen LogP) is 2.09. The van der Waals surface area contributed by atoms with Crippen LogP contribution in [0.3, 0.4) is 0 Å². The third-order valence-corrected chi connectivity index (χ3v) is 3.26. The van der Waals surface area contributed by atoms with Crippen molar-refractivity contribution in [1.82, 2.24) is 30.0 Å². The van der Waals surface area contributed by atoms with Crippen LogP contribution in [0.2, 0.25) is 0 Å².